The van der Waals surface area contributed by atoms with E-state index in [2.05, 4.69) is 5.16 Å². The third kappa shape index (κ3) is 3.87. The lowest BCUT2D eigenvalue weighted by Gasteiger charge is -2.25. The lowest BCUT2D eigenvalue weighted by Crippen LogP contribution is -2.47. The fourth-order valence-electron chi connectivity index (χ4n) is 4.52. The van der Waals surface area contributed by atoms with E-state index in [1.165, 1.54) is 4.90 Å². The maximum atomic E-state index is 13.6. The monoisotopic (exact) mass is 422 g/mol. The lowest BCUT2D eigenvalue weighted by molar-refractivity contribution is -0.133. The van der Waals surface area contributed by atoms with Crippen LogP contribution in [0.15, 0.2) is 41.6 Å². The number of aryl methyl sites for hydroxylation is 3. The largest absolute Gasteiger partial charge is 0.508 e. The van der Waals surface area contributed by atoms with Crippen molar-refractivity contribution in [3.8, 4) is 5.75 Å². The molecule has 31 heavy (non-hydrogen) atoms. The average molecular weight is 422 g/mol. The Morgan fingerprint density at radius 3 is 2.45 bits per heavy atom. The topological polar surface area (TPSA) is 88.4 Å². The molecule has 2 aromatic rings. The molecule has 7 nitrogen and oxygen atoms in total. The van der Waals surface area contributed by atoms with Crippen LogP contribution >= 0.6 is 0 Å². The van der Waals surface area contributed by atoms with E-state index < -0.39 is 24.2 Å². The number of phenols is 1. The minimum atomic E-state index is -0.701. The van der Waals surface area contributed by atoms with Gasteiger partial charge in [-0.1, -0.05) is 35.0 Å². The molecule has 0 saturated carbocycles. The van der Waals surface area contributed by atoms with E-state index in [4.69, 9.17) is 9.57 Å². The van der Waals surface area contributed by atoms with Crippen LogP contribution in [-0.2, 0) is 20.8 Å². The molecule has 0 spiro atoms. The summed E-state index contributed by atoms with van der Waals surface area (Å²) in [4.78, 5) is 32.9. The summed E-state index contributed by atoms with van der Waals surface area (Å²) in [5, 5.41) is 13.7. The zero-order valence-corrected chi connectivity index (χ0v) is 18.1. The zero-order valence-electron chi connectivity index (χ0n) is 18.1. The number of cyclic esters (lactones) is 1. The van der Waals surface area contributed by atoms with Gasteiger partial charge in [0.05, 0.1) is 6.04 Å². The molecule has 0 bridgehead atoms. The molecule has 1 fully saturated rings. The SMILES string of the molecule is Cc1cc(C)c(C2=NO[C@@H](C)[C@@H]2C(=O)N2C(=O)OC[C@@H]2Cc2ccc(O)cc2)c(C)c1. The van der Waals surface area contributed by atoms with Crippen LogP contribution in [-0.4, -0.2) is 46.5 Å². The Morgan fingerprint density at radius 1 is 1.16 bits per heavy atom. The molecule has 7 heteroatoms. The summed E-state index contributed by atoms with van der Waals surface area (Å²) >= 11 is 0. The summed E-state index contributed by atoms with van der Waals surface area (Å²) in [6, 6.07) is 10.4. The molecule has 0 aliphatic carbocycles. The molecule has 162 valence electrons. The molecule has 0 aromatic heterocycles. The van der Waals surface area contributed by atoms with Crippen LogP contribution in [0, 0.1) is 26.7 Å². The summed E-state index contributed by atoms with van der Waals surface area (Å²) < 4.78 is 5.23. The predicted molar refractivity (Wildman–Crippen MR) is 115 cm³/mol. The third-order valence-corrected chi connectivity index (χ3v) is 5.89. The van der Waals surface area contributed by atoms with Gasteiger partial charge in [-0.05, 0) is 62.9 Å². The molecule has 4 rings (SSSR count). The van der Waals surface area contributed by atoms with Gasteiger partial charge >= 0.3 is 6.09 Å². The first-order valence-corrected chi connectivity index (χ1v) is 10.4. The van der Waals surface area contributed by atoms with Gasteiger partial charge < -0.3 is 14.7 Å². The van der Waals surface area contributed by atoms with Crippen molar-refractivity contribution < 1.29 is 24.3 Å². The summed E-state index contributed by atoms with van der Waals surface area (Å²) in [7, 11) is 0. The number of carbonyl (C=O) groups excluding carboxylic acids is 2. The van der Waals surface area contributed by atoms with E-state index in [9.17, 15) is 14.7 Å². The molecule has 0 unspecified atom stereocenters. The summed E-state index contributed by atoms with van der Waals surface area (Å²) in [6.45, 7) is 7.91. The average Bonchev–Trinajstić information content (AvgIpc) is 3.25. The molecule has 2 heterocycles. The summed E-state index contributed by atoms with van der Waals surface area (Å²) in [5.74, 6) is -0.903. The van der Waals surface area contributed by atoms with Crippen molar-refractivity contribution in [2.75, 3.05) is 6.61 Å². The quantitative estimate of drug-likeness (QED) is 0.813. The van der Waals surface area contributed by atoms with Gasteiger partial charge in [0.1, 0.15) is 30.1 Å². The van der Waals surface area contributed by atoms with E-state index in [0.717, 1.165) is 27.8 Å². The van der Waals surface area contributed by atoms with Gasteiger partial charge in [0.15, 0.2) is 0 Å². The van der Waals surface area contributed by atoms with Gasteiger partial charge in [-0.3, -0.25) is 4.79 Å². The van der Waals surface area contributed by atoms with Crippen LogP contribution < -0.4 is 0 Å². The first-order valence-electron chi connectivity index (χ1n) is 10.4. The number of oxime groups is 1. The van der Waals surface area contributed by atoms with Crippen LogP contribution in [0.5, 0.6) is 5.75 Å². The zero-order chi connectivity index (χ0) is 22.3. The smallest absolute Gasteiger partial charge is 0.417 e. The summed E-state index contributed by atoms with van der Waals surface area (Å²) in [6.07, 6.45) is -0.704. The minimum Gasteiger partial charge on any atom is -0.508 e. The second kappa shape index (κ2) is 8.06. The summed E-state index contributed by atoms with van der Waals surface area (Å²) in [5.41, 5.74) is 5.49. The minimum absolute atomic E-state index is 0.127. The molecule has 2 aromatic carbocycles. The van der Waals surface area contributed by atoms with Crippen LogP contribution in [0.2, 0.25) is 0 Å². The number of nitrogens with zero attached hydrogens (tertiary/aromatic N) is 2. The van der Waals surface area contributed by atoms with Crippen LogP contribution in [0.25, 0.3) is 0 Å². The van der Waals surface area contributed by atoms with Gasteiger partial charge in [0, 0.05) is 5.56 Å². The maximum Gasteiger partial charge on any atom is 0.417 e. The molecule has 2 aliphatic rings. The Hall–Kier alpha value is -3.35. The van der Waals surface area contributed by atoms with Gasteiger partial charge in [0.2, 0.25) is 5.91 Å². The Morgan fingerprint density at radius 2 is 1.81 bits per heavy atom. The number of ether oxygens (including phenoxy) is 1. The first-order chi connectivity index (χ1) is 14.8. The number of rotatable bonds is 4. The molecule has 3 atom stereocenters. The van der Waals surface area contributed by atoms with Crippen LogP contribution in [0.4, 0.5) is 4.79 Å². The van der Waals surface area contributed by atoms with Crippen LogP contribution in [0.3, 0.4) is 0 Å². The number of hydrogen-bond acceptors (Lipinski definition) is 6. The van der Waals surface area contributed by atoms with Crippen molar-refractivity contribution >= 4 is 17.7 Å². The molecular formula is C24H26N2O5. The fourth-order valence-corrected chi connectivity index (χ4v) is 4.52. The van der Waals surface area contributed by atoms with Crippen molar-refractivity contribution in [3.63, 3.8) is 0 Å². The van der Waals surface area contributed by atoms with Crippen molar-refractivity contribution in [2.24, 2.45) is 11.1 Å². The van der Waals surface area contributed by atoms with Gasteiger partial charge in [-0.25, -0.2) is 9.69 Å². The van der Waals surface area contributed by atoms with E-state index in [-0.39, 0.29) is 18.3 Å². The van der Waals surface area contributed by atoms with Gasteiger partial charge in [-0.15, -0.1) is 0 Å². The maximum absolute atomic E-state index is 13.6. The Balaban J connectivity index is 1.64. The molecular weight excluding hydrogens is 396 g/mol. The predicted octanol–water partition coefficient (Wildman–Crippen LogP) is 3.65. The number of hydrogen-bond donors (Lipinski definition) is 1. The fraction of sp³-hybridized carbons (Fsp3) is 0.375. The number of imide groups is 1. The highest BCUT2D eigenvalue weighted by Crippen LogP contribution is 2.31. The van der Waals surface area contributed by atoms with Gasteiger partial charge in [0.25, 0.3) is 0 Å². The third-order valence-electron chi connectivity index (χ3n) is 5.89. The van der Waals surface area contributed by atoms with E-state index in [1.54, 1.807) is 31.2 Å². The van der Waals surface area contributed by atoms with E-state index >= 15 is 0 Å². The standard InChI is InChI=1S/C24H26N2O5/c1-13-9-14(2)20(15(3)10-13)22-21(16(4)31-25-22)23(28)26-18(12-30-24(26)29)11-17-5-7-19(27)8-6-17/h5-10,16,18,21,27H,11-12H2,1-4H3/t16-,18-,21-/m0/s1. The normalized spacial score (nSPS) is 22.8. The number of benzene rings is 2. The Kier molecular flexibility index (Phi) is 5.43. The number of amides is 2. The number of carbonyl (C=O) groups is 2. The number of phenolic OH excluding ortho intramolecular Hbond substituents is 1. The van der Waals surface area contributed by atoms with Crippen molar-refractivity contribution in [2.45, 2.75) is 46.3 Å². The highest BCUT2D eigenvalue weighted by molar-refractivity contribution is 6.17. The van der Waals surface area contributed by atoms with E-state index in [0.29, 0.717) is 12.1 Å². The van der Waals surface area contributed by atoms with Crippen molar-refractivity contribution in [1.29, 1.82) is 0 Å². The lowest BCUT2D eigenvalue weighted by atomic mass is 9.86. The second-order valence-electron chi connectivity index (χ2n) is 8.35. The second-order valence-corrected chi connectivity index (χ2v) is 8.35. The Bertz CT molecular complexity index is 1040. The molecule has 1 N–H and O–H groups in total. The molecule has 1 saturated heterocycles. The van der Waals surface area contributed by atoms with Crippen LogP contribution in [0.1, 0.15) is 34.7 Å². The Labute approximate surface area is 181 Å². The highest BCUT2D eigenvalue weighted by atomic mass is 16.6. The van der Waals surface area contributed by atoms with E-state index in [1.807, 2.05) is 32.9 Å². The molecule has 2 amide bonds. The molecule has 2 aliphatic heterocycles. The highest BCUT2D eigenvalue weighted by Gasteiger charge is 2.47. The van der Waals surface area contributed by atoms with Crippen molar-refractivity contribution in [3.05, 3.63) is 64.2 Å². The first kappa shape index (κ1) is 20.9. The van der Waals surface area contributed by atoms with Crippen molar-refractivity contribution in [1.82, 2.24) is 4.90 Å². The van der Waals surface area contributed by atoms with Gasteiger partial charge in [-0.2, -0.15) is 0 Å². The molecule has 0 radical (unpaired) electrons. The number of aromatic hydroxyl groups is 1.